The average molecular weight is 177 g/mol. The summed E-state index contributed by atoms with van der Waals surface area (Å²) in [7, 11) is 2.03. The Morgan fingerprint density at radius 1 is 1.38 bits per heavy atom. The highest BCUT2D eigenvalue weighted by Crippen LogP contribution is 1.72. The predicted molar refractivity (Wildman–Crippen MR) is 60.8 cm³/mol. The molecule has 0 bridgehead atoms. The highest BCUT2D eigenvalue weighted by molar-refractivity contribution is 5.35. The monoisotopic (exact) mass is 177 g/mol. The fraction of sp³-hybridized carbons (Fsp3) is 0.333. The summed E-state index contributed by atoms with van der Waals surface area (Å²) in [6.45, 7) is 9.71. The zero-order valence-electron chi connectivity index (χ0n) is 9.04. The largest absolute Gasteiger partial charge is 0.351 e. The van der Waals surface area contributed by atoms with Crippen LogP contribution in [0.3, 0.4) is 0 Å². The summed E-state index contributed by atoms with van der Waals surface area (Å²) in [6.07, 6.45) is 7.96. The number of nitrogens with zero attached hydrogens (tertiary/aromatic N) is 1. The van der Waals surface area contributed by atoms with E-state index in [0.29, 0.717) is 0 Å². The standard InChI is InChI=1S/C10H13N.C2H6/c1-4-6-10-9(5-2)7-8-11(10)3;1-2/h4-8H,1H2,2-3H3;1-2H3/b9-5-,10-6+;. The molecule has 1 nitrogen and oxygen atoms in total. The minimum atomic E-state index is 1.21. The SMILES string of the molecule is C=C/C=c1\c(=C/C)ccn1C.CC. The van der Waals surface area contributed by atoms with Crippen LogP contribution in [-0.4, -0.2) is 4.57 Å². The zero-order valence-corrected chi connectivity index (χ0v) is 9.04. The Hall–Kier alpha value is -1.24. The summed E-state index contributed by atoms with van der Waals surface area (Å²) in [5.41, 5.74) is 0. The van der Waals surface area contributed by atoms with Gasteiger partial charge in [0.2, 0.25) is 0 Å². The number of aryl methyl sites for hydroxylation is 1. The number of rotatable bonds is 1. The average Bonchev–Trinajstić information content (AvgIpc) is 2.52. The summed E-state index contributed by atoms with van der Waals surface area (Å²) < 4.78 is 2.08. The first kappa shape index (κ1) is 11.8. The Kier molecular flexibility index (Phi) is 5.69. The highest BCUT2D eigenvalue weighted by Gasteiger charge is 1.86. The molecule has 0 saturated heterocycles. The summed E-state index contributed by atoms with van der Waals surface area (Å²) in [5, 5.41) is 2.47. The van der Waals surface area contributed by atoms with Crippen LogP contribution in [0.2, 0.25) is 0 Å². The van der Waals surface area contributed by atoms with Crippen molar-refractivity contribution in [1.82, 2.24) is 4.57 Å². The molecule has 0 saturated carbocycles. The third-order valence-electron chi connectivity index (χ3n) is 1.74. The van der Waals surface area contributed by atoms with Crippen LogP contribution in [0.25, 0.3) is 12.2 Å². The van der Waals surface area contributed by atoms with E-state index in [-0.39, 0.29) is 0 Å². The first-order chi connectivity index (χ1) is 6.29. The lowest BCUT2D eigenvalue weighted by atomic mass is 10.4. The van der Waals surface area contributed by atoms with E-state index in [9.17, 15) is 0 Å². The van der Waals surface area contributed by atoms with Crippen molar-refractivity contribution in [3.8, 4) is 0 Å². The maximum Gasteiger partial charge on any atom is 0.0474 e. The third kappa shape index (κ3) is 2.94. The fourth-order valence-corrected chi connectivity index (χ4v) is 1.13. The molecule has 1 aromatic heterocycles. The maximum absolute atomic E-state index is 3.67. The van der Waals surface area contributed by atoms with Crippen molar-refractivity contribution in [3.05, 3.63) is 35.5 Å². The Morgan fingerprint density at radius 2 is 2.00 bits per heavy atom. The molecular formula is C12H19N. The molecule has 0 aliphatic heterocycles. The molecule has 0 aliphatic rings. The molecule has 1 rings (SSSR count). The van der Waals surface area contributed by atoms with E-state index < -0.39 is 0 Å². The molecule has 0 unspecified atom stereocenters. The molecule has 13 heavy (non-hydrogen) atoms. The second kappa shape index (κ2) is 6.30. The van der Waals surface area contributed by atoms with Crippen LogP contribution in [0.4, 0.5) is 0 Å². The number of allylic oxidation sites excluding steroid dienone is 1. The van der Waals surface area contributed by atoms with Crippen LogP contribution in [0, 0.1) is 0 Å². The van der Waals surface area contributed by atoms with Crippen molar-refractivity contribution >= 4 is 12.2 Å². The summed E-state index contributed by atoms with van der Waals surface area (Å²) in [5.74, 6) is 0. The van der Waals surface area contributed by atoms with Crippen LogP contribution >= 0.6 is 0 Å². The molecule has 72 valence electrons. The smallest absolute Gasteiger partial charge is 0.0474 e. The lowest BCUT2D eigenvalue weighted by molar-refractivity contribution is 0.889. The van der Waals surface area contributed by atoms with Gasteiger partial charge in [0.1, 0.15) is 0 Å². The van der Waals surface area contributed by atoms with Crippen LogP contribution in [-0.2, 0) is 7.05 Å². The number of hydrogen-bond donors (Lipinski definition) is 0. The molecule has 0 N–H and O–H groups in total. The van der Waals surface area contributed by atoms with Gasteiger partial charge in [0.05, 0.1) is 0 Å². The number of aromatic nitrogens is 1. The Morgan fingerprint density at radius 3 is 2.46 bits per heavy atom. The van der Waals surface area contributed by atoms with E-state index in [0.717, 1.165) is 0 Å². The number of hydrogen-bond acceptors (Lipinski definition) is 0. The first-order valence-electron chi connectivity index (χ1n) is 4.70. The van der Waals surface area contributed by atoms with E-state index in [4.69, 9.17) is 0 Å². The molecule has 1 heterocycles. The molecule has 0 spiro atoms. The van der Waals surface area contributed by atoms with E-state index in [2.05, 4.69) is 23.3 Å². The van der Waals surface area contributed by atoms with Gasteiger partial charge in [-0.25, -0.2) is 0 Å². The molecular weight excluding hydrogens is 158 g/mol. The quantitative estimate of drug-likeness (QED) is 0.616. The summed E-state index contributed by atoms with van der Waals surface area (Å²) in [6, 6.07) is 2.09. The van der Waals surface area contributed by atoms with E-state index >= 15 is 0 Å². The molecule has 0 aromatic carbocycles. The van der Waals surface area contributed by atoms with E-state index in [1.54, 1.807) is 0 Å². The Bertz CT molecular complexity index is 355. The zero-order chi connectivity index (χ0) is 10.3. The van der Waals surface area contributed by atoms with Crippen molar-refractivity contribution in [1.29, 1.82) is 0 Å². The van der Waals surface area contributed by atoms with Crippen molar-refractivity contribution < 1.29 is 0 Å². The lowest BCUT2D eigenvalue weighted by Crippen LogP contribution is -2.26. The minimum Gasteiger partial charge on any atom is -0.351 e. The fourth-order valence-electron chi connectivity index (χ4n) is 1.13. The van der Waals surface area contributed by atoms with Gasteiger partial charge >= 0.3 is 0 Å². The van der Waals surface area contributed by atoms with Crippen LogP contribution < -0.4 is 10.6 Å². The minimum absolute atomic E-state index is 1.21. The second-order valence-electron chi connectivity index (χ2n) is 2.46. The summed E-state index contributed by atoms with van der Waals surface area (Å²) in [4.78, 5) is 0. The van der Waals surface area contributed by atoms with Crippen molar-refractivity contribution in [3.63, 3.8) is 0 Å². The molecule has 1 heteroatoms. The second-order valence-corrected chi connectivity index (χ2v) is 2.46. The van der Waals surface area contributed by atoms with Crippen LogP contribution in [0.5, 0.6) is 0 Å². The van der Waals surface area contributed by atoms with Gasteiger partial charge in [-0.05, 0) is 24.3 Å². The molecule has 0 fully saturated rings. The van der Waals surface area contributed by atoms with E-state index in [1.165, 1.54) is 10.6 Å². The van der Waals surface area contributed by atoms with Crippen molar-refractivity contribution in [2.24, 2.45) is 7.05 Å². The normalized spacial score (nSPS) is 12.3. The Labute approximate surface area is 80.7 Å². The van der Waals surface area contributed by atoms with Gasteiger partial charge in [-0.1, -0.05) is 32.6 Å². The molecule has 0 aliphatic carbocycles. The van der Waals surface area contributed by atoms with Gasteiger partial charge in [0, 0.05) is 18.6 Å². The molecule has 0 amide bonds. The molecule has 0 radical (unpaired) electrons. The van der Waals surface area contributed by atoms with Gasteiger partial charge in [-0.15, -0.1) is 0 Å². The van der Waals surface area contributed by atoms with Gasteiger partial charge in [-0.2, -0.15) is 0 Å². The van der Waals surface area contributed by atoms with Gasteiger partial charge in [-0.3, -0.25) is 0 Å². The maximum atomic E-state index is 3.67. The predicted octanol–water partition coefficient (Wildman–Crippen LogP) is 1.82. The van der Waals surface area contributed by atoms with Crippen molar-refractivity contribution in [2.75, 3.05) is 0 Å². The van der Waals surface area contributed by atoms with Crippen molar-refractivity contribution in [2.45, 2.75) is 20.8 Å². The highest BCUT2D eigenvalue weighted by atomic mass is 14.9. The molecule has 0 atom stereocenters. The lowest BCUT2D eigenvalue weighted by Gasteiger charge is -1.87. The van der Waals surface area contributed by atoms with Crippen LogP contribution in [0.15, 0.2) is 24.9 Å². The Balaban J connectivity index is 0.000000671. The molecule has 1 aromatic rings. The van der Waals surface area contributed by atoms with Crippen LogP contribution in [0.1, 0.15) is 20.8 Å². The topological polar surface area (TPSA) is 4.93 Å². The van der Waals surface area contributed by atoms with Gasteiger partial charge < -0.3 is 4.57 Å². The summed E-state index contributed by atoms with van der Waals surface area (Å²) >= 11 is 0. The van der Waals surface area contributed by atoms with Gasteiger partial charge in [0.15, 0.2) is 0 Å². The first-order valence-corrected chi connectivity index (χ1v) is 4.70. The van der Waals surface area contributed by atoms with Gasteiger partial charge in [0.25, 0.3) is 0 Å². The van der Waals surface area contributed by atoms with E-state index in [1.807, 2.05) is 46.2 Å². The third-order valence-corrected chi connectivity index (χ3v) is 1.74.